The number of hydrogen-bond acceptors (Lipinski definition) is 5. The van der Waals surface area contributed by atoms with Gasteiger partial charge in [0.25, 0.3) is 0 Å². The highest BCUT2D eigenvalue weighted by molar-refractivity contribution is 5.76. The Morgan fingerprint density at radius 1 is 1.43 bits per heavy atom. The third-order valence-corrected chi connectivity index (χ3v) is 3.39. The summed E-state index contributed by atoms with van der Waals surface area (Å²) in [6.45, 7) is 9.26. The summed E-state index contributed by atoms with van der Waals surface area (Å²) in [6.07, 6.45) is 3.08. The lowest BCUT2D eigenvalue weighted by Gasteiger charge is -2.35. The maximum atomic E-state index is 12.3. The number of nitrogens with one attached hydrogen (secondary N) is 1. The zero-order valence-corrected chi connectivity index (χ0v) is 13.1. The molecule has 0 spiro atoms. The summed E-state index contributed by atoms with van der Waals surface area (Å²) in [5.41, 5.74) is 0.861. The second-order valence-corrected chi connectivity index (χ2v) is 5.64. The van der Waals surface area contributed by atoms with Crippen molar-refractivity contribution in [2.24, 2.45) is 0 Å². The molecule has 0 saturated carbocycles. The van der Waals surface area contributed by atoms with Gasteiger partial charge in [-0.3, -0.25) is 4.79 Å². The normalized spacial score (nSPS) is 22.5. The molecule has 1 aromatic rings. The van der Waals surface area contributed by atoms with Gasteiger partial charge in [0.2, 0.25) is 5.91 Å². The number of carbonyl (C=O) groups excluding carboxylic acids is 1. The molecule has 1 amide bonds. The number of nitrogens with zero attached hydrogens (tertiary/aromatic N) is 4. The lowest BCUT2D eigenvalue weighted by atomic mass is 10.2. The molecule has 1 N–H and O–H groups in total. The van der Waals surface area contributed by atoms with E-state index in [1.54, 1.807) is 4.68 Å². The fourth-order valence-corrected chi connectivity index (χ4v) is 2.51. The number of amides is 1. The van der Waals surface area contributed by atoms with Crippen molar-refractivity contribution >= 4 is 5.91 Å². The van der Waals surface area contributed by atoms with Gasteiger partial charge in [0.05, 0.1) is 24.1 Å². The van der Waals surface area contributed by atoms with Crippen LogP contribution in [0.5, 0.6) is 0 Å². The van der Waals surface area contributed by atoms with Gasteiger partial charge in [0.1, 0.15) is 6.54 Å². The van der Waals surface area contributed by atoms with Crippen molar-refractivity contribution in [3.63, 3.8) is 0 Å². The molecule has 7 nitrogen and oxygen atoms in total. The summed E-state index contributed by atoms with van der Waals surface area (Å²) >= 11 is 0. The molecule has 2 heterocycles. The first-order chi connectivity index (χ1) is 10.1. The maximum Gasteiger partial charge on any atom is 0.244 e. The van der Waals surface area contributed by atoms with Crippen LogP contribution in [0.1, 0.15) is 32.9 Å². The van der Waals surface area contributed by atoms with E-state index in [0.29, 0.717) is 19.6 Å². The Labute approximate surface area is 125 Å². The molecular weight excluding hydrogens is 270 g/mol. The minimum absolute atomic E-state index is 0.0648. The van der Waals surface area contributed by atoms with Crippen LogP contribution in [0.3, 0.4) is 0 Å². The minimum atomic E-state index is 0.0648. The quantitative estimate of drug-likeness (QED) is 0.770. The van der Waals surface area contributed by atoms with E-state index in [0.717, 1.165) is 18.7 Å². The van der Waals surface area contributed by atoms with Gasteiger partial charge in [-0.25, -0.2) is 4.68 Å². The van der Waals surface area contributed by atoms with Crippen LogP contribution < -0.4 is 5.32 Å². The van der Waals surface area contributed by atoms with Crippen LogP contribution in [0.15, 0.2) is 6.20 Å². The highest BCUT2D eigenvalue weighted by Crippen LogP contribution is 2.11. The fourth-order valence-electron chi connectivity index (χ4n) is 2.51. The molecule has 1 saturated heterocycles. The molecule has 2 unspecified atom stereocenters. The molecule has 1 fully saturated rings. The average Bonchev–Trinajstić information content (AvgIpc) is 2.85. The third-order valence-electron chi connectivity index (χ3n) is 3.39. The van der Waals surface area contributed by atoms with Crippen LogP contribution in [0.4, 0.5) is 0 Å². The summed E-state index contributed by atoms with van der Waals surface area (Å²) in [4.78, 5) is 14.1. The average molecular weight is 295 g/mol. The van der Waals surface area contributed by atoms with Gasteiger partial charge >= 0.3 is 0 Å². The van der Waals surface area contributed by atoms with E-state index in [1.807, 2.05) is 24.9 Å². The number of carbonyl (C=O) groups is 1. The SMILES string of the molecule is CCCNCc1cn(CC(=O)N2CC(C)OC(C)C2)nn1. The van der Waals surface area contributed by atoms with E-state index < -0.39 is 0 Å². The Morgan fingerprint density at radius 2 is 2.14 bits per heavy atom. The van der Waals surface area contributed by atoms with Crippen LogP contribution in [0.25, 0.3) is 0 Å². The molecule has 1 aliphatic rings. The Kier molecular flexibility index (Phi) is 5.69. The molecule has 0 aromatic carbocycles. The van der Waals surface area contributed by atoms with E-state index in [2.05, 4.69) is 22.6 Å². The Hall–Kier alpha value is -1.47. The van der Waals surface area contributed by atoms with Gasteiger partial charge in [-0.2, -0.15) is 0 Å². The monoisotopic (exact) mass is 295 g/mol. The molecule has 7 heteroatoms. The van der Waals surface area contributed by atoms with Crippen LogP contribution in [0, 0.1) is 0 Å². The van der Waals surface area contributed by atoms with Crippen molar-refractivity contribution in [3.8, 4) is 0 Å². The highest BCUT2D eigenvalue weighted by atomic mass is 16.5. The van der Waals surface area contributed by atoms with Gasteiger partial charge in [-0.15, -0.1) is 5.10 Å². The van der Waals surface area contributed by atoms with Crippen molar-refractivity contribution in [1.82, 2.24) is 25.2 Å². The molecule has 118 valence electrons. The van der Waals surface area contributed by atoms with Crippen LogP contribution in [0.2, 0.25) is 0 Å². The molecule has 0 radical (unpaired) electrons. The number of ether oxygens (including phenoxy) is 1. The van der Waals surface area contributed by atoms with E-state index in [-0.39, 0.29) is 24.7 Å². The zero-order chi connectivity index (χ0) is 15.2. The van der Waals surface area contributed by atoms with Crippen LogP contribution >= 0.6 is 0 Å². The van der Waals surface area contributed by atoms with Gasteiger partial charge in [0, 0.05) is 19.6 Å². The van der Waals surface area contributed by atoms with E-state index in [9.17, 15) is 4.79 Å². The summed E-state index contributed by atoms with van der Waals surface area (Å²) < 4.78 is 7.25. The van der Waals surface area contributed by atoms with Crippen molar-refractivity contribution in [3.05, 3.63) is 11.9 Å². The van der Waals surface area contributed by atoms with Gasteiger partial charge in [-0.1, -0.05) is 12.1 Å². The molecule has 0 bridgehead atoms. The van der Waals surface area contributed by atoms with Crippen molar-refractivity contribution in [2.75, 3.05) is 19.6 Å². The van der Waals surface area contributed by atoms with Crippen molar-refractivity contribution in [1.29, 1.82) is 0 Å². The molecule has 1 aliphatic heterocycles. The largest absolute Gasteiger partial charge is 0.372 e. The second-order valence-electron chi connectivity index (χ2n) is 5.64. The number of hydrogen-bond donors (Lipinski definition) is 1. The van der Waals surface area contributed by atoms with Gasteiger partial charge in [0.15, 0.2) is 0 Å². The van der Waals surface area contributed by atoms with Crippen LogP contribution in [-0.2, 0) is 22.6 Å². The predicted molar refractivity (Wildman–Crippen MR) is 78.6 cm³/mol. The number of rotatable bonds is 6. The molecule has 1 aromatic heterocycles. The third kappa shape index (κ3) is 4.78. The number of morpholine rings is 1. The van der Waals surface area contributed by atoms with E-state index in [1.165, 1.54) is 0 Å². The zero-order valence-electron chi connectivity index (χ0n) is 13.1. The highest BCUT2D eigenvalue weighted by Gasteiger charge is 2.26. The lowest BCUT2D eigenvalue weighted by molar-refractivity contribution is -0.144. The first kappa shape index (κ1) is 15.9. The maximum absolute atomic E-state index is 12.3. The Bertz CT molecular complexity index is 452. The van der Waals surface area contributed by atoms with Crippen LogP contribution in [-0.4, -0.2) is 57.6 Å². The topological polar surface area (TPSA) is 72.3 Å². The summed E-state index contributed by atoms with van der Waals surface area (Å²) in [7, 11) is 0. The Morgan fingerprint density at radius 3 is 2.81 bits per heavy atom. The molecule has 21 heavy (non-hydrogen) atoms. The molecular formula is C14H25N5O2. The summed E-state index contributed by atoms with van der Waals surface area (Å²) in [6, 6.07) is 0. The summed E-state index contributed by atoms with van der Waals surface area (Å²) in [5, 5.41) is 11.4. The standard InChI is InChI=1S/C14H25N5O2/c1-4-5-15-6-13-9-19(17-16-13)10-14(20)18-7-11(2)21-12(3)8-18/h9,11-12,15H,4-8,10H2,1-3H3. The second kappa shape index (κ2) is 7.51. The first-order valence-electron chi connectivity index (χ1n) is 7.61. The van der Waals surface area contributed by atoms with Crippen molar-refractivity contribution in [2.45, 2.75) is 52.5 Å². The molecule has 2 atom stereocenters. The number of aromatic nitrogens is 3. The van der Waals surface area contributed by atoms with Gasteiger partial charge < -0.3 is 15.0 Å². The smallest absolute Gasteiger partial charge is 0.244 e. The molecule has 2 rings (SSSR count). The van der Waals surface area contributed by atoms with Crippen molar-refractivity contribution < 1.29 is 9.53 Å². The van der Waals surface area contributed by atoms with Gasteiger partial charge in [-0.05, 0) is 26.8 Å². The lowest BCUT2D eigenvalue weighted by Crippen LogP contribution is -2.49. The first-order valence-corrected chi connectivity index (χ1v) is 7.61. The molecule has 0 aliphatic carbocycles. The van der Waals surface area contributed by atoms with E-state index in [4.69, 9.17) is 4.74 Å². The Balaban J connectivity index is 1.84. The summed E-state index contributed by atoms with van der Waals surface area (Å²) in [5.74, 6) is 0.0648. The predicted octanol–water partition coefficient (Wildman–Crippen LogP) is 0.414. The fraction of sp³-hybridized carbons (Fsp3) is 0.786. The van der Waals surface area contributed by atoms with E-state index >= 15 is 0 Å². The minimum Gasteiger partial charge on any atom is -0.372 e.